The highest BCUT2D eigenvalue weighted by atomic mass is 32.1. The molecule has 0 aromatic heterocycles. The minimum atomic E-state index is -4.53. The molecule has 0 fully saturated rings. The third-order valence-corrected chi connectivity index (χ3v) is 6.63. The molecule has 3 aromatic carbocycles. The summed E-state index contributed by atoms with van der Waals surface area (Å²) in [6, 6.07) is 12.0. The summed E-state index contributed by atoms with van der Waals surface area (Å²) in [6.45, 7) is 0.337. The summed E-state index contributed by atoms with van der Waals surface area (Å²) in [6.07, 6.45) is -8.45. The van der Waals surface area contributed by atoms with Crippen molar-refractivity contribution in [2.45, 2.75) is 24.8 Å². The van der Waals surface area contributed by atoms with Crippen molar-refractivity contribution in [1.29, 1.82) is 0 Å². The maximum atomic E-state index is 13.2. The van der Waals surface area contributed by atoms with Crippen LogP contribution in [0.15, 0.2) is 60.7 Å². The standard InChI is InChI=1S/C27H24F6N2O3S/c1-36-23-12-16-10-11-35(25(39)34-19-8-6-17(7-9-19)26(28,29)30)22(21(16)14-24(23)37-2)15-38-20-5-3-4-18(13-20)27(31,32)33/h3-9,12-14,22H,10-11,15H2,1-2H3,(H,34,39). The van der Waals surface area contributed by atoms with E-state index in [-0.39, 0.29) is 17.5 Å². The first-order valence-electron chi connectivity index (χ1n) is 11.7. The van der Waals surface area contributed by atoms with Gasteiger partial charge in [-0.3, -0.25) is 0 Å². The van der Waals surface area contributed by atoms with E-state index in [1.54, 1.807) is 11.0 Å². The Morgan fingerprint density at radius 1 is 0.897 bits per heavy atom. The Labute approximate surface area is 226 Å². The second-order valence-electron chi connectivity index (χ2n) is 8.71. The molecule has 208 valence electrons. The number of nitrogens with zero attached hydrogens (tertiary/aromatic N) is 1. The molecule has 0 spiro atoms. The molecular weight excluding hydrogens is 546 g/mol. The summed E-state index contributed by atoms with van der Waals surface area (Å²) in [5.74, 6) is 0.996. The number of hydrogen-bond acceptors (Lipinski definition) is 4. The molecule has 0 bridgehead atoms. The van der Waals surface area contributed by atoms with E-state index in [4.69, 9.17) is 26.4 Å². The van der Waals surface area contributed by atoms with Crippen LogP contribution in [-0.4, -0.2) is 37.4 Å². The van der Waals surface area contributed by atoms with Gasteiger partial charge in [0.05, 0.1) is 31.4 Å². The van der Waals surface area contributed by atoms with E-state index < -0.39 is 29.5 Å². The SMILES string of the molecule is COc1cc2c(cc1OC)C(COc1cccc(C(F)(F)F)c1)N(C(=S)Nc1ccc(C(F)(F)F)cc1)CC2. The number of alkyl halides is 6. The summed E-state index contributed by atoms with van der Waals surface area (Å²) >= 11 is 5.61. The van der Waals surface area contributed by atoms with Crippen LogP contribution in [0.5, 0.6) is 17.2 Å². The van der Waals surface area contributed by atoms with E-state index in [1.807, 2.05) is 6.07 Å². The zero-order valence-corrected chi connectivity index (χ0v) is 21.6. The topological polar surface area (TPSA) is 43.0 Å². The fourth-order valence-electron chi connectivity index (χ4n) is 4.33. The molecule has 3 aromatic rings. The summed E-state index contributed by atoms with van der Waals surface area (Å²) in [5.41, 5.74) is 0.399. The number of benzene rings is 3. The minimum absolute atomic E-state index is 0.0268. The summed E-state index contributed by atoms with van der Waals surface area (Å²) in [5, 5.41) is 3.17. The molecule has 0 aliphatic carbocycles. The first-order chi connectivity index (χ1) is 18.4. The lowest BCUT2D eigenvalue weighted by molar-refractivity contribution is -0.138. The predicted molar refractivity (Wildman–Crippen MR) is 137 cm³/mol. The fourth-order valence-corrected chi connectivity index (χ4v) is 4.66. The third kappa shape index (κ3) is 6.49. The first kappa shape index (κ1) is 28.3. The van der Waals surface area contributed by atoms with Gasteiger partial charge in [0, 0.05) is 12.2 Å². The normalized spacial score (nSPS) is 15.4. The number of nitrogens with one attached hydrogen (secondary N) is 1. The zero-order valence-electron chi connectivity index (χ0n) is 20.8. The van der Waals surface area contributed by atoms with Gasteiger partial charge in [-0.1, -0.05) is 6.07 Å². The molecule has 0 radical (unpaired) electrons. The quantitative estimate of drug-likeness (QED) is 0.252. The van der Waals surface area contributed by atoms with Crippen LogP contribution in [0, 0.1) is 0 Å². The maximum Gasteiger partial charge on any atom is 0.416 e. The molecule has 0 saturated heterocycles. The van der Waals surface area contributed by atoms with Gasteiger partial charge in [-0.05, 0) is 84.4 Å². The van der Waals surface area contributed by atoms with E-state index in [0.29, 0.717) is 30.2 Å². The van der Waals surface area contributed by atoms with Gasteiger partial charge in [0.15, 0.2) is 16.6 Å². The Hall–Kier alpha value is -3.67. The van der Waals surface area contributed by atoms with E-state index >= 15 is 0 Å². The first-order valence-corrected chi connectivity index (χ1v) is 12.1. The summed E-state index contributed by atoms with van der Waals surface area (Å²) in [7, 11) is 2.99. The molecule has 0 saturated carbocycles. The van der Waals surface area contributed by atoms with Crippen molar-refractivity contribution in [1.82, 2.24) is 4.90 Å². The second kappa shape index (κ2) is 11.2. The molecule has 1 atom stereocenters. The van der Waals surface area contributed by atoms with Gasteiger partial charge >= 0.3 is 12.4 Å². The molecule has 1 aliphatic rings. The molecule has 12 heteroatoms. The summed E-state index contributed by atoms with van der Waals surface area (Å²) in [4.78, 5) is 1.79. The molecule has 1 N–H and O–H groups in total. The maximum absolute atomic E-state index is 13.2. The highest BCUT2D eigenvalue weighted by Crippen LogP contribution is 2.39. The molecule has 4 rings (SSSR count). The lowest BCUT2D eigenvalue weighted by Crippen LogP contribution is -2.44. The molecule has 1 unspecified atom stereocenters. The smallest absolute Gasteiger partial charge is 0.416 e. The Balaban J connectivity index is 1.63. The van der Waals surface area contributed by atoms with E-state index in [9.17, 15) is 26.3 Å². The largest absolute Gasteiger partial charge is 0.493 e. The van der Waals surface area contributed by atoms with Crippen LogP contribution in [0.25, 0.3) is 0 Å². The highest BCUT2D eigenvalue weighted by Gasteiger charge is 2.34. The molecule has 39 heavy (non-hydrogen) atoms. The Morgan fingerprint density at radius 3 is 2.15 bits per heavy atom. The number of hydrogen-bond donors (Lipinski definition) is 1. The van der Waals surface area contributed by atoms with Crippen LogP contribution in [0.3, 0.4) is 0 Å². The number of rotatable bonds is 6. The van der Waals surface area contributed by atoms with Crippen molar-refractivity contribution in [2.75, 3.05) is 32.7 Å². The van der Waals surface area contributed by atoms with Gasteiger partial charge in [0.25, 0.3) is 0 Å². The van der Waals surface area contributed by atoms with Crippen LogP contribution >= 0.6 is 12.2 Å². The van der Waals surface area contributed by atoms with Gasteiger partial charge < -0.3 is 24.4 Å². The van der Waals surface area contributed by atoms with Gasteiger partial charge in [0.1, 0.15) is 12.4 Å². The van der Waals surface area contributed by atoms with Crippen molar-refractivity contribution in [2.24, 2.45) is 0 Å². The number of fused-ring (bicyclic) bond motifs is 1. The molecule has 1 heterocycles. The second-order valence-corrected chi connectivity index (χ2v) is 9.09. The average Bonchev–Trinajstić information content (AvgIpc) is 2.90. The average molecular weight is 571 g/mol. The Morgan fingerprint density at radius 2 is 1.54 bits per heavy atom. The Bertz CT molecular complexity index is 1330. The number of ether oxygens (including phenoxy) is 3. The highest BCUT2D eigenvalue weighted by molar-refractivity contribution is 7.80. The number of halogens is 6. The van der Waals surface area contributed by atoms with Crippen molar-refractivity contribution < 1.29 is 40.6 Å². The third-order valence-electron chi connectivity index (χ3n) is 6.30. The van der Waals surface area contributed by atoms with E-state index in [2.05, 4.69) is 5.32 Å². The predicted octanol–water partition coefficient (Wildman–Crippen LogP) is 7.12. The van der Waals surface area contributed by atoms with Crippen molar-refractivity contribution >= 4 is 23.0 Å². The molecule has 1 aliphatic heterocycles. The minimum Gasteiger partial charge on any atom is -0.493 e. The number of methoxy groups -OCH3 is 2. The van der Waals surface area contributed by atoms with Crippen LogP contribution in [-0.2, 0) is 18.8 Å². The van der Waals surface area contributed by atoms with Gasteiger partial charge in [-0.2, -0.15) is 26.3 Å². The van der Waals surface area contributed by atoms with Crippen molar-refractivity contribution in [3.05, 3.63) is 82.9 Å². The van der Waals surface area contributed by atoms with Crippen LogP contribution in [0.2, 0.25) is 0 Å². The fraction of sp³-hybridized carbons (Fsp3) is 0.296. The lowest BCUT2D eigenvalue weighted by Gasteiger charge is -2.39. The molecule has 5 nitrogen and oxygen atoms in total. The van der Waals surface area contributed by atoms with Gasteiger partial charge in [-0.25, -0.2) is 0 Å². The molecule has 0 amide bonds. The van der Waals surface area contributed by atoms with E-state index in [1.165, 1.54) is 38.5 Å². The van der Waals surface area contributed by atoms with Gasteiger partial charge in [0.2, 0.25) is 0 Å². The number of anilines is 1. The summed E-state index contributed by atoms with van der Waals surface area (Å²) < 4.78 is 95.1. The van der Waals surface area contributed by atoms with Crippen molar-refractivity contribution in [3.8, 4) is 17.2 Å². The zero-order chi connectivity index (χ0) is 28.4. The van der Waals surface area contributed by atoms with E-state index in [0.717, 1.165) is 35.4 Å². The Kier molecular flexibility index (Phi) is 8.15. The number of thiocarbonyl (C=S) groups is 1. The van der Waals surface area contributed by atoms with Crippen LogP contribution < -0.4 is 19.5 Å². The molecular formula is C27H24F6N2O3S. The van der Waals surface area contributed by atoms with Gasteiger partial charge in [-0.15, -0.1) is 0 Å². The van der Waals surface area contributed by atoms with Crippen molar-refractivity contribution in [3.63, 3.8) is 0 Å². The van der Waals surface area contributed by atoms with Crippen LogP contribution in [0.4, 0.5) is 32.0 Å². The monoisotopic (exact) mass is 570 g/mol. The lowest BCUT2D eigenvalue weighted by atomic mass is 9.92. The van der Waals surface area contributed by atoms with Crippen LogP contribution in [0.1, 0.15) is 28.3 Å².